The Balaban J connectivity index is 1.47. The lowest BCUT2D eigenvalue weighted by Crippen LogP contribution is -2.50. The predicted molar refractivity (Wildman–Crippen MR) is 90.5 cm³/mol. The molecule has 5 atom stereocenters. The minimum Gasteiger partial charge on any atom is -0.311 e. The number of nitrogens with zero attached hydrogens (tertiary/aromatic N) is 2. The van der Waals surface area contributed by atoms with Gasteiger partial charge in [-0.3, -0.25) is 14.2 Å². The van der Waals surface area contributed by atoms with Gasteiger partial charge in [0.1, 0.15) is 6.04 Å². The predicted octanol–water partition coefficient (Wildman–Crippen LogP) is -0.721. The van der Waals surface area contributed by atoms with Crippen LogP contribution in [0.3, 0.4) is 0 Å². The number of nitrogens with one attached hydrogen (secondary N) is 2. The minimum atomic E-state index is -2.58. The van der Waals surface area contributed by atoms with E-state index in [0.29, 0.717) is 25.4 Å². The highest BCUT2D eigenvalue weighted by molar-refractivity contribution is 7.80. The van der Waals surface area contributed by atoms with E-state index in [1.54, 1.807) is 0 Å². The van der Waals surface area contributed by atoms with Crippen molar-refractivity contribution < 1.29 is 27.5 Å². The van der Waals surface area contributed by atoms with Gasteiger partial charge in [-0.05, 0) is 37.5 Å². The molecule has 25 heavy (non-hydrogen) atoms. The number of hydrogen-bond donors (Lipinski definition) is 4. The Hall–Kier alpha value is -0.920. The Labute approximate surface area is 153 Å². The Bertz CT molecular complexity index is 553. The molecular weight excluding hydrogens is 372 g/mol. The highest BCUT2D eigenvalue weighted by atomic mass is 32.2. The maximum atomic E-state index is 12.3. The molecule has 3 N–H and O–H groups in total. The molecule has 12 heteroatoms. The van der Waals surface area contributed by atoms with Crippen LogP contribution in [0.1, 0.15) is 19.3 Å². The van der Waals surface area contributed by atoms with Crippen molar-refractivity contribution in [3.63, 3.8) is 0 Å². The van der Waals surface area contributed by atoms with Crippen LogP contribution in [0.2, 0.25) is 0 Å². The molecule has 0 aromatic carbocycles. The van der Waals surface area contributed by atoms with Crippen LogP contribution in [-0.2, 0) is 25.3 Å². The first-order valence-corrected chi connectivity index (χ1v) is 9.81. The van der Waals surface area contributed by atoms with E-state index in [9.17, 15) is 13.8 Å². The first kappa shape index (κ1) is 18.9. The van der Waals surface area contributed by atoms with Crippen molar-refractivity contribution in [1.29, 1.82) is 0 Å². The largest absolute Gasteiger partial charge is 0.346 e. The third-order valence-corrected chi connectivity index (χ3v) is 5.60. The molecule has 2 bridgehead atoms. The number of carbonyl (C=O) groups is 2. The number of hydrogen-bond acceptors (Lipinski definition) is 7. The maximum Gasteiger partial charge on any atom is 0.346 e. The Morgan fingerprint density at radius 2 is 2.28 bits per heavy atom. The molecule has 3 unspecified atom stereocenters. The molecular formula is C13H22N4O6S2. The summed E-state index contributed by atoms with van der Waals surface area (Å²) in [4.78, 5) is 31.2. The van der Waals surface area contributed by atoms with Gasteiger partial charge in [0.2, 0.25) is 0 Å². The molecule has 3 amide bonds. The summed E-state index contributed by atoms with van der Waals surface area (Å²) in [5, 5.41) is 4.18. The zero-order valence-corrected chi connectivity index (χ0v) is 15.2. The number of fused-ring (bicyclic) bond motifs is 2. The Kier molecular flexibility index (Phi) is 6.17. The summed E-state index contributed by atoms with van der Waals surface area (Å²) in [7, 11) is 0. The normalized spacial score (nSPS) is 33.0. The smallest absolute Gasteiger partial charge is 0.311 e. The SMILES string of the molecule is O=C(NOC[C@H]1C[C@@H](CS)CN1)C1CCC2CN1C(=O)N2OS(=O)O. The van der Waals surface area contributed by atoms with Crippen LogP contribution in [0.25, 0.3) is 0 Å². The van der Waals surface area contributed by atoms with Gasteiger partial charge >= 0.3 is 17.4 Å². The number of thiol groups is 1. The molecule has 3 aliphatic rings. The van der Waals surface area contributed by atoms with E-state index in [4.69, 9.17) is 9.39 Å². The molecule has 142 valence electrons. The lowest BCUT2D eigenvalue weighted by molar-refractivity contribution is -0.139. The number of carbonyl (C=O) groups excluding carboxylic acids is 2. The van der Waals surface area contributed by atoms with Crippen LogP contribution in [0.5, 0.6) is 0 Å². The van der Waals surface area contributed by atoms with Crippen LogP contribution in [-0.4, -0.2) is 74.2 Å². The van der Waals surface area contributed by atoms with Crippen LogP contribution >= 0.6 is 12.6 Å². The van der Waals surface area contributed by atoms with Crippen LogP contribution in [0.15, 0.2) is 0 Å². The van der Waals surface area contributed by atoms with Crippen molar-refractivity contribution >= 4 is 35.9 Å². The number of urea groups is 1. The summed E-state index contributed by atoms with van der Waals surface area (Å²) in [6.45, 7) is 1.51. The molecule has 3 saturated heterocycles. The number of amides is 3. The third-order valence-electron chi connectivity index (χ3n) is 4.80. The van der Waals surface area contributed by atoms with Gasteiger partial charge in [0.25, 0.3) is 5.91 Å². The quantitative estimate of drug-likeness (QED) is 0.255. The van der Waals surface area contributed by atoms with Crippen LogP contribution < -0.4 is 10.8 Å². The van der Waals surface area contributed by atoms with E-state index >= 15 is 0 Å². The van der Waals surface area contributed by atoms with Crippen molar-refractivity contribution in [3.8, 4) is 0 Å². The van der Waals surface area contributed by atoms with Gasteiger partial charge in [0.05, 0.1) is 12.6 Å². The van der Waals surface area contributed by atoms with Gasteiger partial charge in [0.15, 0.2) is 0 Å². The van der Waals surface area contributed by atoms with Crippen molar-refractivity contribution in [1.82, 2.24) is 20.8 Å². The first-order valence-electron chi connectivity index (χ1n) is 8.14. The molecule has 3 aliphatic heterocycles. The number of piperidine rings is 1. The van der Waals surface area contributed by atoms with E-state index < -0.39 is 29.3 Å². The lowest BCUT2D eigenvalue weighted by atomic mass is 10.0. The molecule has 0 spiro atoms. The van der Waals surface area contributed by atoms with Crippen molar-refractivity contribution in [2.24, 2.45) is 5.92 Å². The van der Waals surface area contributed by atoms with Crippen LogP contribution in [0.4, 0.5) is 4.79 Å². The van der Waals surface area contributed by atoms with Gasteiger partial charge in [-0.2, -0.15) is 21.9 Å². The summed E-state index contributed by atoms with van der Waals surface area (Å²) >= 11 is 1.70. The zero-order chi connectivity index (χ0) is 18.0. The molecule has 3 rings (SSSR count). The molecule has 0 aliphatic carbocycles. The summed E-state index contributed by atoms with van der Waals surface area (Å²) in [5.41, 5.74) is 2.41. The average Bonchev–Trinajstić information content (AvgIpc) is 3.14. The van der Waals surface area contributed by atoms with E-state index in [1.165, 1.54) is 4.90 Å². The third kappa shape index (κ3) is 4.26. The number of rotatable bonds is 7. The fraction of sp³-hybridized carbons (Fsp3) is 0.846. The standard InChI is InChI=1S/C13H22N4O6S2/c18-12(15-22-6-9-3-8(7-24)4-14-9)11-2-1-10-5-16(11)13(19)17(10)23-25(20)21/h8-11,14,24H,1-7H2,(H,15,18)(H,20,21)/t8-,9-,10?,11?/m1/s1. The fourth-order valence-corrected chi connectivity index (χ4v) is 4.12. The highest BCUT2D eigenvalue weighted by Gasteiger charge is 2.48. The van der Waals surface area contributed by atoms with Crippen molar-refractivity contribution in [2.45, 2.75) is 37.4 Å². The molecule has 0 aromatic rings. The second kappa shape index (κ2) is 8.18. The average molecular weight is 394 g/mol. The van der Waals surface area contributed by atoms with Crippen molar-refractivity contribution in [3.05, 3.63) is 0 Å². The maximum absolute atomic E-state index is 12.3. The second-order valence-electron chi connectivity index (χ2n) is 6.47. The summed E-state index contributed by atoms with van der Waals surface area (Å²) in [6, 6.07) is -1.41. The van der Waals surface area contributed by atoms with Gasteiger partial charge < -0.3 is 10.2 Å². The molecule has 0 aromatic heterocycles. The van der Waals surface area contributed by atoms with Crippen LogP contribution in [0, 0.1) is 5.92 Å². The molecule has 10 nitrogen and oxygen atoms in total. The van der Waals surface area contributed by atoms with E-state index in [2.05, 4.69) is 27.7 Å². The topological polar surface area (TPSA) is 120 Å². The summed E-state index contributed by atoms with van der Waals surface area (Å²) < 4.78 is 24.2. The summed E-state index contributed by atoms with van der Waals surface area (Å²) in [6.07, 6.45) is 1.89. The van der Waals surface area contributed by atoms with Gasteiger partial charge in [-0.15, -0.1) is 4.28 Å². The molecule has 0 radical (unpaired) electrons. The lowest BCUT2D eigenvalue weighted by Gasteiger charge is -2.29. The Morgan fingerprint density at radius 1 is 1.48 bits per heavy atom. The second-order valence-corrected chi connectivity index (χ2v) is 7.41. The minimum absolute atomic E-state index is 0.171. The van der Waals surface area contributed by atoms with E-state index in [1.807, 2.05) is 0 Å². The van der Waals surface area contributed by atoms with Gasteiger partial charge in [-0.1, -0.05) is 0 Å². The Morgan fingerprint density at radius 3 is 2.96 bits per heavy atom. The van der Waals surface area contributed by atoms with Crippen molar-refractivity contribution in [2.75, 3.05) is 25.4 Å². The number of hydroxylamine groups is 3. The van der Waals surface area contributed by atoms with Gasteiger partial charge in [-0.25, -0.2) is 10.3 Å². The van der Waals surface area contributed by atoms with Gasteiger partial charge in [0, 0.05) is 12.6 Å². The van der Waals surface area contributed by atoms with E-state index in [-0.39, 0.29) is 18.6 Å². The summed E-state index contributed by atoms with van der Waals surface area (Å²) in [5.74, 6) is 0.920. The molecule has 0 saturated carbocycles. The van der Waals surface area contributed by atoms with E-state index in [0.717, 1.165) is 23.8 Å². The highest BCUT2D eigenvalue weighted by Crippen LogP contribution is 2.30. The first-order chi connectivity index (χ1) is 12.0. The zero-order valence-electron chi connectivity index (χ0n) is 13.5. The fourth-order valence-electron chi connectivity index (χ4n) is 3.52. The molecule has 3 heterocycles. The molecule has 3 fully saturated rings. The monoisotopic (exact) mass is 394 g/mol.